The van der Waals surface area contributed by atoms with Gasteiger partial charge in [0.25, 0.3) is 5.91 Å². The molecule has 21 heavy (non-hydrogen) atoms. The van der Waals surface area contributed by atoms with Crippen molar-refractivity contribution >= 4 is 5.91 Å². The Bertz CT molecular complexity index is 519. The van der Waals surface area contributed by atoms with Gasteiger partial charge < -0.3 is 9.64 Å². The molecule has 1 amide bonds. The fourth-order valence-corrected chi connectivity index (χ4v) is 2.72. The number of hydrogen-bond acceptors (Lipinski definition) is 3. The quantitative estimate of drug-likeness (QED) is 0.855. The normalized spacial score (nSPS) is 19.7. The van der Waals surface area contributed by atoms with Crippen LogP contribution in [-0.2, 0) is 4.79 Å². The number of piperidine rings is 1. The predicted molar refractivity (Wildman–Crippen MR) is 80.8 cm³/mol. The molecule has 0 radical (unpaired) electrons. The number of likely N-dealkylation sites (tertiary alicyclic amines) is 1. The van der Waals surface area contributed by atoms with Gasteiger partial charge in [-0.3, -0.25) is 4.79 Å². The molecule has 1 aromatic carbocycles. The van der Waals surface area contributed by atoms with Crippen LogP contribution in [0.5, 0.6) is 5.75 Å². The van der Waals surface area contributed by atoms with Crippen LogP contribution in [0.25, 0.3) is 0 Å². The number of ether oxygens (including phenoxy) is 1. The van der Waals surface area contributed by atoms with E-state index in [9.17, 15) is 4.79 Å². The van der Waals surface area contributed by atoms with E-state index in [1.54, 1.807) is 31.2 Å². The van der Waals surface area contributed by atoms with E-state index in [1.165, 1.54) is 6.42 Å². The Morgan fingerprint density at radius 2 is 2.19 bits per heavy atom. The molecule has 0 aromatic heterocycles. The molecule has 0 spiro atoms. The number of amides is 1. The minimum absolute atomic E-state index is 0.0532. The van der Waals surface area contributed by atoms with Gasteiger partial charge in [-0.25, -0.2) is 0 Å². The van der Waals surface area contributed by atoms with Crippen LogP contribution < -0.4 is 4.74 Å². The number of nitrogens with zero attached hydrogens (tertiary/aromatic N) is 2. The highest BCUT2D eigenvalue weighted by Gasteiger charge is 2.26. The average molecular weight is 286 g/mol. The van der Waals surface area contributed by atoms with Gasteiger partial charge in [0.15, 0.2) is 6.10 Å². The molecule has 0 N–H and O–H groups in total. The summed E-state index contributed by atoms with van der Waals surface area (Å²) in [6, 6.07) is 8.91. The first-order chi connectivity index (χ1) is 10.1. The maximum Gasteiger partial charge on any atom is 0.263 e. The van der Waals surface area contributed by atoms with Gasteiger partial charge in [-0.1, -0.05) is 13.3 Å². The van der Waals surface area contributed by atoms with Crippen molar-refractivity contribution in [2.45, 2.75) is 39.2 Å². The van der Waals surface area contributed by atoms with Crippen LogP contribution in [0, 0.1) is 17.2 Å². The number of carbonyl (C=O) groups is 1. The van der Waals surface area contributed by atoms with E-state index in [0.29, 0.717) is 17.2 Å². The molecule has 2 unspecified atom stereocenters. The van der Waals surface area contributed by atoms with Gasteiger partial charge in [0.2, 0.25) is 0 Å². The van der Waals surface area contributed by atoms with Crippen LogP contribution >= 0.6 is 0 Å². The van der Waals surface area contributed by atoms with Crippen LogP contribution in [0.3, 0.4) is 0 Å². The SMILES string of the molecule is CCC1CCCN(C(=O)C(C)Oc2ccc(C#N)cc2)C1. The Kier molecular flexibility index (Phi) is 5.21. The molecule has 1 saturated heterocycles. The van der Waals surface area contributed by atoms with Crippen LogP contribution in [0.1, 0.15) is 38.7 Å². The fraction of sp³-hybridized carbons (Fsp3) is 0.529. The molecule has 1 heterocycles. The van der Waals surface area contributed by atoms with Gasteiger partial charge in [-0.05, 0) is 49.9 Å². The number of benzene rings is 1. The average Bonchev–Trinajstić information content (AvgIpc) is 2.54. The molecule has 4 heteroatoms. The van der Waals surface area contributed by atoms with Gasteiger partial charge >= 0.3 is 0 Å². The summed E-state index contributed by atoms with van der Waals surface area (Å²) in [5, 5.41) is 8.77. The number of hydrogen-bond donors (Lipinski definition) is 0. The highest BCUT2D eigenvalue weighted by Crippen LogP contribution is 2.21. The lowest BCUT2D eigenvalue weighted by Crippen LogP contribution is -2.45. The minimum atomic E-state index is -0.492. The second-order valence-electron chi connectivity index (χ2n) is 5.60. The molecule has 1 aromatic rings. The number of carbonyl (C=O) groups excluding carboxylic acids is 1. The summed E-state index contributed by atoms with van der Waals surface area (Å²) < 4.78 is 5.70. The van der Waals surface area contributed by atoms with Crippen molar-refractivity contribution in [1.82, 2.24) is 4.90 Å². The first-order valence-corrected chi connectivity index (χ1v) is 7.59. The summed E-state index contributed by atoms with van der Waals surface area (Å²) in [5.74, 6) is 1.29. The van der Waals surface area contributed by atoms with Crippen molar-refractivity contribution in [1.29, 1.82) is 5.26 Å². The van der Waals surface area contributed by atoms with E-state index in [1.807, 2.05) is 4.90 Å². The van der Waals surface area contributed by atoms with Crippen molar-refractivity contribution in [3.05, 3.63) is 29.8 Å². The Balaban J connectivity index is 1.94. The molecule has 112 valence electrons. The Hall–Kier alpha value is -2.02. The maximum absolute atomic E-state index is 12.4. The van der Waals surface area contributed by atoms with Crippen LogP contribution in [0.15, 0.2) is 24.3 Å². The maximum atomic E-state index is 12.4. The van der Waals surface area contributed by atoms with Crippen molar-refractivity contribution in [3.63, 3.8) is 0 Å². The molecule has 2 rings (SSSR count). The zero-order valence-corrected chi connectivity index (χ0v) is 12.7. The summed E-state index contributed by atoms with van der Waals surface area (Å²) >= 11 is 0. The molecule has 0 saturated carbocycles. The Labute approximate surface area is 126 Å². The van der Waals surface area contributed by atoms with Gasteiger partial charge in [0, 0.05) is 13.1 Å². The van der Waals surface area contributed by atoms with Crippen LogP contribution in [0.4, 0.5) is 0 Å². The zero-order valence-electron chi connectivity index (χ0n) is 12.7. The smallest absolute Gasteiger partial charge is 0.263 e. The summed E-state index contributed by atoms with van der Waals surface area (Å²) in [5.41, 5.74) is 0.586. The van der Waals surface area contributed by atoms with Crippen LogP contribution in [0.2, 0.25) is 0 Å². The number of rotatable bonds is 4. The largest absolute Gasteiger partial charge is 0.481 e. The molecule has 1 fully saturated rings. The zero-order chi connectivity index (χ0) is 15.2. The van der Waals surface area contributed by atoms with Crippen LogP contribution in [-0.4, -0.2) is 30.0 Å². The van der Waals surface area contributed by atoms with E-state index in [0.717, 1.165) is 25.9 Å². The van der Waals surface area contributed by atoms with E-state index in [2.05, 4.69) is 13.0 Å². The highest BCUT2D eigenvalue weighted by atomic mass is 16.5. The topological polar surface area (TPSA) is 53.3 Å². The second-order valence-corrected chi connectivity index (χ2v) is 5.60. The molecule has 1 aliphatic rings. The summed E-state index contributed by atoms with van der Waals surface area (Å²) in [6.45, 7) is 5.64. The molecular formula is C17H22N2O2. The van der Waals surface area contributed by atoms with E-state index in [4.69, 9.17) is 10.00 Å². The first-order valence-electron chi connectivity index (χ1n) is 7.59. The lowest BCUT2D eigenvalue weighted by molar-refractivity contribution is -0.139. The Morgan fingerprint density at radius 3 is 2.81 bits per heavy atom. The monoisotopic (exact) mass is 286 g/mol. The van der Waals surface area contributed by atoms with E-state index in [-0.39, 0.29) is 5.91 Å². The van der Waals surface area contributed by atoms with Crippen molar-refractivity contribution in [2.75, 3.05) is 13.1 Å². The van der Waals surface area contributed by atoms with Crippen molar-refractivity contribution in [3.8, 4) is 11.8 Å². The third kappa shape index (κ3) is 3.98. The molecule has 0 bridgehead atoms. The lowest BCUT2D eigenvalue weighted by Gasteiger charge is -2.33. The second kappa shape index (κ2) is 7.12. The van der Waals surface area contributed by atoms with Crippen molar-refractivity contribution < 1.29 is 9.53 Å². The van der Waals surface area contributed by atoms with Gasteiger partial charge in [0.1, 0.15) is 5.75 Å². The molecule has 4 nitrogen and oxygen atoms in total. The summed E-state index contributed by atoms with van der Waals surface area (Å²) in [4.78, 5) is 14.4. The van der Waals surface area contributed by atoms with E-state index < -0.39 is 6.10 Å². The third-order valence-electron chi connectivity index (χ3n) is 4.05. The van der Waals surface area contributed by atoms with Gasteiger partial charge in [-0.15, -0.1) is 0 Å². The summed E-state index contributed by atoms with van der Waals surface area (Å²) in [7, 11) is 0. The van der Waals surface area contributed by atoms with E-state index >= 15 is 0 Å². The lowest BCUT2D eigenvalue weighted by atomic mass is 9.95. The number of nitriles is 1. The van der Waals surface area contributed by atoms with Crippen molar-refractivity contribution in [2.24, 2.45) is 5.92 Å². The standard InChI is InChI=1S/C17H22N2O2/c1-3-14-5-4-10-19(12-14)17(20)13(2)21-16-8-6-15(11-18)7-9-16/h6-9,13-14H,3-5,10,12H2,1-2H3. The summed E-state index contributed by atoms with van der Waals surface area (Å²) in [6.07, 6.45) is 2.92. The molecule has 1 aliphatic heterocycles. The van der Waals surface area contributed by atoms with Gasteiger partial charge in [0.05, 0.1) is 11.6 Å². The van der Waals surface area contributed by atoms with Gasteiger partial charge in [-0.2, -0.15) is 5.26 Å². The molecule has 0 aliphatic carbocycles. The minimum Gasteiger partial charge on any atom is -0.481 e. The Morgan fingerprint density at radius 1 is 1.48 bits per heavy atom. The molecule has 2 atom stereocenters. The first kappa shape index (κ1) is 15.4. The third-order valence-corrected chi connectivity index (χ3v) is 4.05. The fourth-order valence-electron chi connectivity index (χ4n) is 2.72. The molecular weight excluding hydrogens is 264 g/mol. The highest BCUT2D eigenvalue weighted by molar-refractivity contribution is 5.81. The predicted octanol–water partition coefficient (Wildman–Crippen LogP) is 2.97.